The molecule has 0 unspecified atom stereocenters. The molecule has 0 nitrogen and oxygen atoms in total. The van der Waals surface area contributed by atoms with Gasteiger partial charge in [0.1, 0.15) is 23.2 Å². The van der Waals surface area contributed by atoms with Crippen LogP contribution in [-0.4, -0.2) is 0 Å². The smallest absolute Gasteiger partial charge is 0.116 e. The van der Waals surface area contributed by atoms with Crippen LogP contribution in [0.4, 0.5) is 0 Å². The average molecular weight is 936 g/mol. The Morgan fingerprint density at radius 2 is 0.679 bits per heavy atom. The summed E-state index contributed by atoms with van der Waals surface area (Å²) in [6.07, 6.45) is 0.950. The summed E-state index contributed by atoms with van der Waals surface area (Å²) in [7, 11) is -2.30. The third kappa shape index (κ3) is 11.8. The van der Waals surface area contributed by atoms with E-state index in [1.54, 1.807) is 0 Å². The summed E-state index contributed by atoms with van der Waals surface area (Å²) in [5.41, 5.74) is 2.48. The Morgan fingerprint density at radius 1 is 0.375 bits per heavy atom. The third-order valence-electron chi connectivity index (χ3n) is 8.99. The van der Waals surface area contributed by atoms with Crippen LogP contribution in [-0.2, 0) is 11.5 Å². The van der Waals surface area contributed by atoms with E-state index in [0.29, 0.717) is 0 Å². The molecule has 0 saturated carbocycles. The van der Waals surface area contributed by atoms with Gasteiger partial charge < -0.3 is 17.0 Å². The molecule has 0 aliphatic heterocycles. The van der Waals surface area contributed by atoms with Crippen molar-refractivity contribution in [3.63, 3.8) is 0 Å². The van der Waals surface area contributed by atoms with Gasteiger partial charge in [-0.25, -0.2) is 0 Å². The fraction of sp³-hybridized carbons (Fsp3) is 0.0400. The predicted octanol–water partition coefficient (Wildman–Crippen LogP) is 9.52. The van der Waals surface area contributed by atoms with E-state index in [1.165, 1.54) is 43.0 Å². The zero-order valence-corrected chi connectivity index (χ0v) is 37.2. The standard InChI is InChI=1S/C25H21ClP.C18H15P.C7H6BrCl.BrH/c26-22-12-10-11-21(19-22)20-27(23-13-4-1-5-14-23,24-15-6-2-7-16-24)25-17-8-3-9-18-25;1-4-10-16(11-5-1)19(17-12-6-2-7-13-17)18-14-8-3-9-15-18;8-5-6-2-1-3-7(9)4-6;/h1-19H,20H2;1-15H;1-4H,5H2;1H/q+1;;;/p-1. The molecule has 0 saturated heterocycles. The third-order valence-corrected chi connectivity index (χ3v) is 16.9. The molecule has 0 spiro atoms. The first-order valence-corrected chi connectivity index (χ1v) is 23.3. The summed E-state index contributed by atoms with van der Waals surface area (Å²) >= 11 is 15.4. The van der Waals surface area contributed by atoms with Crippen molar-refractivity contribution in [2.24, 2.45) is 0 Å². The number of rotatable bonds is 9. The lowest BCUT2D eigenvalue weighted by molar-refractivity contribution is -0.0000103. The fourth-order valence-corrected chi connectivity index (χ4v) is 13.8. The Balaban J connectivity index is 0.000000179. The molecule has 0 bridgehead atoms. The van der Waals surface area contributed by atoms with Gasteiger partial charge in [0.25, 0.3) is 0 Å². The van der Waals surface area contributed by atoms with Gasteiger partial charge in [0.2, 0.25) is 0 Å². The van der Waals surface area contributed by atoms with Crippen LogP contribution < -0.4 is 48.8 Å². The lowest BCUT2D eigenvalue weighted by Gasteiger charge is -2.27. The van der Waals surface area contributed by atoms with Gasteiger partial charge in [-0.3, -0.25) is 0 Å². The molecule has 8 rings (SSSR count). The van der Waals surface area contributed by atoms with E-state index >= 15 is 0 Å². The van der Waals surface area contributed by atoms with Gasteiger partial charge in [-0.05, 0) is 95.6 Å². The molecule has 0 aromatic heterocycles. The minimum atomic E-state index is -1.85. The minimum absolute atomic E-state index is 0. The largest absolute Gasteiger partial charge is 1.00 e. The van der Waals surface area contributed by atoms with Gasteiger partial charge in [0.05, 0.1) is 6.16 Å². The van der Waals surface area contributed by atoms with E-state index < -0.39 is 15.2 Å². The molecule has 6 heteroatoms. The van der Waals surface area contributed by atoms with Crippen LogP contribution >= 0.6 is 54.3 Å². The Hall–Kier alpha value is -3.84. The monoisotopic (exact) mass is 932 g/mol. The van der Waals surface area contributed by atoms with Crippen LogP contribution in [0.1, 0.15) is 11.1 Å². The zero-order valence-electron chi connectivity index (χ0n) is 30.8. The van der Waals surface area contributed by atoms with Crippen molar-refractivity contribution >= 4 is 86.1 Å². The molecule has 0 atom stereocenters. The first-order chi connectivity index (χ1) is 27.1. The second-order valence-electron chi connectivity index (χ2n) is 12.7. The van der Waals surface area contributed by atoms with Gasteiger partial charge in [0.15, 0.2) is 0 Å². The summed E-state index contributed by atoms with van der Waals surface area (Å²) in [5.74, 6) is 0. The molecule has 0 radical (unpaired) electrons. The summed E-state index contributed by atoms with van der Waals surface area (Å²) in [4.78, 5) is 0. The van der Waals surface area contributed by atoms with E-state index in [0.717, 1.165) is 21.5 Å². The Morgan fingerprint density at radius 3 is 0.982 bits per heavy atom. The van der Waals surface area contributed by atoms with Gasteiger partial charge in [-0.15, -0.1) is 0 Å². The maximum atomic E-state index is 6.32. The number of alkyl halides is 1. The van der Waals surface area contributed by atoms with E-state index in [-0.39, 0.29) is 17.0 Å². The van der Waals surface area contributed by atoms with Crippen molar-refractivity contribution < 1.29 is 17.0 Å². The summed E-state index contributed by atoms with van der Waals surface area (Å²) in [6.45, 7) is 0. The average Bonchev–Trinajstić information content (AvgIpc) is 3.25. The number of hydrogen-bond donors (Lipinski definition) is 0. The van der Waals surface area contributed by atoms with Gasteiger partial charge in [-0.2, -0.15) is 0 Å². The highest BCUT2D eigenvalue weighted by molar-refractivity contribution is 9.08. The molecule has 8 aromatic rings. The first-order valence-electron chi connectivity index (χ1n) is 18.1. The van der Waals surface area contributed by atoms with E-state index in [4.69, 9.17) is 23.2 Å². The van der Waals surface area contributed by atoms with Crippen molar-refractivity contribution in [3.8, 4) is 0 Å². The normalized spacial score (nSPS) is 10.6. The Kier molecular flexibility index (Phi) is 17.6. The Labute approximate surface area is 363 Å². The van der Waals surface area contributed by atoms with Crippen molar-refractivity contribution in [1.82, 2.24) is 0 Å². The fourth-order valence-electron chi connectivity index (χ4n) is 6.48. The molecular weight excluding hydrogens is 893 g/mol. The summed E-state index contributed by atoms with van der Waals surface area (Å²) < 4.78 is 0. The molecule has 0 amide bonds. The van der Waals surface area contributed by atoms with E-state index in [9.17, 15) is 0 Å². The minimum Gasteiger partial charge on any atom is -1.00 e. The molecule has 0 aliphatic rings. The highest BCUT2D eigenvalue weighted by Crippen LogP contribution is 2.58. The maximum Gasteiger partial charge on any atom is 0.116 e. The van der Waals surface area contributed by atoms with Crippen LogP contribution in [0.3, 0.4) is 0 Å². The highest BCUT2D eigenvalue weighted by Gasteiger charge is 2.45. The number of hydrogen-bond acceptors (Lipinski definition) is 0. The van der Waals surface area contributed by atoms with Crippen molar-refractivity contribution in [2.45, 2.75) is 11.5 Å². The first kappa shape index (κ1) is 43.3. The van der Waals surface area contributed by atoms with Crippen molar-refractivity contribution in [1.29, 1.82) is 0 Å². The summed E-state index contributed by atoms with van der Waals surface area (Å²) in [6, 6.07) is 81.2. The van der Waals surface area contributed by atoms with Crippen molar-refractivity contribution in [3.05, 3.63) is 252 Å². The van der Waals surface area contributed by atoms with Gasteiger partial charge >= 0.3 is 0 Å². The molecule has 280 valence electrons. The molecule has 56 heavy (non-hydrogen) atoms. The quantitative estimate of drug-likeness (QED) is 0.100. The van der Waals surface area contributed by atoms with Crippen LogP contribution in [0.15, 0.2) is 231 Å². The molecular formula is C50H42Br2Cl2P2. The lowest BCUT2D eigenvalue weighted by atomic mass is 10.2. The molecule has 0 aliphatic carbocycles. The predicted molar refractivity (Wildman–Crippen MR) is 250 cm³/mol. The zero-order chi connectivity index (χ0) is 38.1. The van der Waals surface area contributed by atoms with Gasteiger partial charge in [-0.1, -0.05) is 209 Å². The molecule has 0 fully saturated rings. The van der Waals surface area contributed by atoms with Crippen LogP contribution in [0, 0.1) is 0 Å². The number of benzene rings is 8. The lowest BCUT2D eigenvalue weighted by Crippen LogP contribution is -3.00. The molecule has 0 N–H and O–H groups in total. The number of halogens is 4. The van der Waals surface area contributed by atoms with Crippen LogP contribution in [0.25, 0.3) is 0 Å². The van der Waals surface area contributed by atoms with Crippen molar-refractivity contribution in [2.75, 3.05) is 0 Å². The molecule has 8 aromatic carbocycles. The summed E-state index contributed by atoms with van der Waals surface area (Å²) in [5, 5.41) is 10.8. The van der Waals surface area contributed by atoms with Crippen LogP contribution in [0.2, 0.25) is 10.0 Å². The second kappa shape index (κ2) is 22.8. The van der Waals surface area contributed by atoms with Crippen LogP contribution in [0.5, 0.6) is 0 Å². The highest BCUT2D eigenvalue weighted by atomic mass is 79.9. The SMILES string of the molecule is Clc1cccc(CBr)c1.Clc1cccc(C[P+](c2ccccc2)(c2ccccc2)c2ccccc2)c1.[Br-].c1ccc(P(c2ccccc2)c2ccccc2)cc1. The second-order valence-corrected chi connectivity index (χ2v) is 19.8. The molecule has 0 heterocycles. The van der Waals surface area contributed by atoms with Gasteiger partial charge in [0, 0.05) is 15.4 Å². The van der Waals surface area contributed by atoms with E-state index in [2.05, 4.69) is 210 Å². The van der Waals surface area contributed by atoms with E-state index in [1.807, 2.05) is 36.4 Å². The topological polar surface area (TPSA) is 0 Å². The Bertz CT molecular complexity index is 2110. The maximum absolute atomic E-state index is 6.32.